The third-order valence-electron chi connectivity index (χ3n) is 3.51. The summed E-state index contributed by atoms with van der Waals surface area (Å²) in [5.74, 6) is 0.0777. The lowest BCUT2D eigenvalue weighted by Gasteiger charge is -2.31. The van der Waals surface area contributed by atoms with Gasteiger partial charge in [-0.3, -0.25) is 0 Å². The molecule has 1 aromatic rings. The summed E-state index contributed by atoms with van der Waals surface area (Å²) in [4.78, 5) is 1.84. The molecule has 1 aromatic carbocycles. The molecule has 0 aliphatic rings. The Morgan fingerprint density at radius 1 is 1.30 bits per heavy atom. The first-order valence-corrected chi connectivity index (χ1v) is 9.90. The van der Waals surface area contributed by atoms with Crippen molar-refractivity contribution in [2.24, 2.45) is 5.92 Å². The van der Waals surface area contributed by atoms with Gasteiger partial charge in [0.15, 0.2) is 0 Å². The predicted molar refractivity (Wildman–Crippen MR) is 97.0 cm³/mol. The molecule has 23 heavy (non-hydrogen) atoms. The second kappa shape index (κ2) is 9.40. The van der Waals surface area contributed by atoms with Crippen molar-refractivity contribution in [3.8, 4) is 0 Å². The van der Waals surface area contributed by atoms with Gasteiger partial charge in [0, 0.05) is 18.1 Å². The number of hydrogen-bond acceptors (Lipinski definition) is 3. The molecule has 6 heteroatoms. The Balaban J connectivity index is 3.32. The van der Waals surface area contributed by atoms with E-state index in [1.54, 1.807) is 35.3 Å². The molecule has 0 heterocycles. The van der Waals surface area contributed by atoms with Gasteiger partial charge in [0.25, 0.3) is 0 Å². The van der Waals surface area contributed by atoms with Gasteiger partial charge in [0.2, 0.25) is 10.0 Å². The van der Waals surface area contributed by atoms with Gasteiger partial charge in [-0.1, -0.05) is 47.5 Å². The largest absolute Gasteiger partial charge is 0.396 e. The minimum Gasteiger partial charge on any atom is -0.396 e. The molecule has 0 aliphatic heterocycles. The molecule has 0 bridgehead atoms. The van der Waals surface area contributed by atoms with E-state index in [4.69, 9.17) is 5.11 Å². The molecule has 0 aromatic heterocycles. The first-order chi connectivity index (χ1) is 10.8. The van der Waals surface area contributed by atoms with Gasteiger partial charge < -0.3 is 5.11 Å². The second-order valence-electron chi connectivity index (χ2n) is 5.68. The quantitative estimate of drug-likeness (QED) is 0.678. The smallest absolute Gasteiger partial charge is 0.243 e. The molecule has 0 spiro atoms. The van der Waals surface area contributed by atoms with Crippen LogP contribution in [0.5, 0.6) is 0 Å². The standard InChI is InChI=1S/C17H24BrNO3S/c1-14(2)17(6-4-11-18)19(12-5-13-20)23(21,22)16-9-7-15(3)8-10-16/h6-11,14,17,20H,5,12-13H2,1-3H3/t4?,17-/m1/s1. The maximum atomic E-state index is 13.0. The highest BCUT2D eigenvalue weighted by molar-refractivity contribution is 9.11. The van der Waals surface area contributed by atoms with Crippen molar-refractivity contribution in [2.45, 2.75) is 38.1 Å². The summed E-state index contributed by atoms with van der Waals surface area (Å²) in [5, 5.41) is 9.12. The van der Waals surface area contributed by atoms with Gasteiger partial charge in [-0.15, -0.1) is 5.73 Å². The Bertz CT molecular complexity index is 647. The molecular formula is C17H24BrNO3S. The SMILES string of the molecule is Cc1ccc(S(=O)(=O)N(CCCO)[C@H](C=C=CBr)C(C)C)cc1. The number of aliphatic hydroxyl groups is 1. The molecule has 0 unspecified atom stereocenters. The highest BCUT2D eigenvalue weighted by Gasteiger charge is 2.31. The minimum atomic E-state index is -3.64. The van der Waals surface area contributed by atoms with Crippen molar-refractivity contribution in [2.75, 3.05) is 13.2 Å². The summed E-state index contributed by atoms with van der Waals surface area (Å²) in [6.45, 7) is 6.06. The van der Waals surface area contributed by atoms with Crippen LogP contribution in [0.15, 0.2) is 46.0 Å². The summed E-state index contributed by atoms with van der Waals surface area (Å²) in [6.07, 6.45) is 2.13. The highest BCUT2D eigenvalue weighted by Crippen LogP contribution is 2.23. The number of aliphatic hydroxyl groups excluding tert-OH is 1. The average molecular weight is 402 g/mol. The van der Waals surface area contributed by atoms with E-state index in [2.05, 4.69) is 21.7 Å². The predicted octanol–water partition coefficient (Wildman–Crippen LogP) is 3.46. The fraction of sp³-hybridized carbons (Fsp3) is 0.471. The summed E-state index contributed by atoms with van der Waals surface area (Å²) in [7, 11) is -3.64. The van der Waals surface area contributed by atoms with Gasteiger partial charge >= 0.3 is 0 Å². The molecule has 1 rings (SSSR count). The zero-order valence-electron chi connectivity index (χ0n) is 13.7. The van der Waals surface area contributed by atoms with Gasteiger partial charge in [-0.25, -0.2) is 8.42 Å². The van der Waals surface area contributed by atoms with E-state index < -0.39 is 10.0 Å². The highest BCUT2D eigenvalue weighted by atomic mass is 79.9. The molecule has 0 amide bonds. The number of aryl methyl sites for hydroxylation is 1. The molecule has 1 N–H and O–H groups in total. The van der Waals surface area contributed by atoms with E-state index in [0.29, 0.717) is 6.42 Å². The van der Waals surface area contributed by atoms with Crippen LogP contribution in [0.2, 0.25) is 0 Å². The first-order valence-electron chi connectivity index (χ1n) is 7.55. The van der Waals surface area contributed by atoms with Crippen molar-refractivity contribution >= 4 is 26.0 Å². The molecular weight excluding hydrogens is 378 g/mol. The van der Waals surface area contributed by atoms with Crippen molar-refractivity contribution < 1.29 is 13.5 Å². The fourth-order valence-electron chi connectivity index (χ4n) is 2.24. The van der Waals surface area contributed by atoms with Crippen molar-refractivity contribution in [3.63, 3.8) is 0 Å². The zero-order chi connectivity index (χ0) is 17.5. The lowest BCUT2D eigenvalue weighted by atomic mass is 10.0. The minimum absolute atomic E-state index is 0.0528. The van der Waals surface area contributed by atoms with Crippen LogP contribution in [0.25, 0.3) is 0 Å². The number of halogens is 1. The normalized spacial score (nSPS) is 13.0. The summed E-state index contributed by atoms with van der Waals surface area (Å²) >= 11 is 3.16. The molecule has 128 valence electrons. The Labute approximate surface area is 147 Å². The van der Waals surface area contributed by atoms with Crippen molar-refractivity contribution in [1.29, 1.82) is 0 Å². The Morgan fingerprint density at radius 3 is 2.39 bits per heavy atom. The van der Waals surface area contributed by atoms with Gasteiger partial charge in [-0.05, 0) is 37.5 Å². The monoisotopic (exact) mass is 401 g/mol. The third kappa shape index (κ3) is 5.59. The van der Waals surface area contributed by atoms with Gasteiger partial charge in [0.1, 0.15) is 0 Å². The van der Waals surface area contributed by atoms with Gasteiger partial charge in [0.05, 0.1) is 10.9 Å². The maximum Gasteiger partial charge on any atom is 0.243 e. The maximum absolute atomic E-state index is 13.0. The van der Waals surface area contributed by atoms with Crippen LogP contribution in [-0.4, -0.2) is 37.0 Å². The molecule has 0 saturated heterocycles. The topological polar surface area (TPSA) is 57.6 Å². The molecule has 1 atom stereocenters. The third-order valence-corrected chi connectivity index (χ3v) is 5.69. The van der Waals surface area contributed by atoms with E-state index in [1.165, 1.54) is 4.31 Å². The van der Waals surface area contributed by atoms with Crippen molar-refractivity contribution in [3.05, 3.63) is 46.6 Å². The number of rotatable bonds is 8. The summed E-state index contributed by atoms with van der Waals surface area (Å²) in [5.41, 5.74) is 3.93. The number of hydrogen-bond donors (Lipinski definition) is 1. The van der Waals surface area contributed by atoms with Crippen LogP contribution in [0.3, 0.4) is 0 Å². The van der Waals surface area contributed by atoms with Gasteiger partial charge in [-0.2, -0.15) is 4.31 Å². The number of sulfonamides is 1. The van der Waals surface area contributed by atoms with E-state index in [0.717, 1.165) is 5.56 Å². The lowest BCUT2D eigenvalue weighted by Crippen LogP contribution is -2.43. The number of benzene rings is 1. The average Bonchev–Trinajstić information content (AvgIpc) is 2.50. The van der Waals surface area contributed by atoms with Crippen LogP contribution >= 0.6 is 15.9 Å². The van der Waals surface area contributed by atoms with E-state index in [9.17, 15) is 8.42 Å². The fourth-order valence-corrected chi connectivity index (χ4v) is 4.14. The Kier molecular flexibility index (Phi) is 8.23. The Hall–Kier alpha value is -0.910. The molecule has 0 saturated carbocycles. The van der Waals surface area contributed by atoms with Crippen molar-refractivity contribution in [1.82, 2.24) is 4.31 Å². The summed E-state index contributed by atoms with van der Waals surface area (Å²) < 4.78 is 27.5. The van der Waals surface area contributed by atoms with Crippen LogP contribution < -0.4 is 0 Å². The molecule has 0 radical (unpaired) electrons. The van der Waals surface area contributed by atoms with E-state index in [-0.39, 0.29) is 30.0 Å². The Morgan fingerprint density at radius 2 is 1.91 bits per heavy atom. The molecule has 0 fully saturated rings. The van der Waals surface area contributed by atoms with E-state index >= 15 is 0 Å². The second-order valence-corrected chi connectivity index (χ2v) is 8.03. The van der Waals surface area contributed by atoms with Crippen LogP contribution in [0.1, 0.15) is 25.8 Å². The first kappa shape index (κ1) is 20.1. The van der Waals surface area contributed by atoms with Crippen LogP contribution in [0, 0.1) is 12.8 Å². The molecule has 4 nitrogen and oxygen atoms in total. The molecule has 0 aliphatic carbocycles. The zero-order valence-corrected chi connectivity index (χ0v) is 16.1. The van der Waals surface area contributed by atoms with Crippen LogP contribution in [-0.2, 0) is 10.0 Å². The lowest BCUT2D eigenvalue weighted by molar-refractivity contribution is 0.245. The van der Waals surface area contributed by atoms with E-state index in [1.807, 2.05) is 20.8 Å². The summed E-state index contributed by atoms with van der Waals surface area (Å²) in [6, 6.07) is 6.49. The van der Waals surface area contributed by atoms with Crippen LogP contribution in [0.4, 0.5) is 0 Å². The number of nitrogens with zero attached hydrogens (tertiary/aromatic N) is 1.